The van der Waals surface area contributed by atoms with Crippen LogP contribution in [0.2, 0.25) is 0 Å². The molecule has 5 heteroatoms. The molecule has 0 amide bonds. The lowest BCUT2D eigenvalue weighted by Gasteiger charge is -2.00. The average molecular weight is 319 g/mol. The number of aryl methyl sites for hydroxylation is 1. The number of hydrogen-bond donors (Lipinski definition) is 1. The second-order valence-corrected chi connectivity index (χ2v) is 5.49. The Morgan fingerprint density at radius 2 is 1.88 bits per heavy atom. The van der Waals surface area contributed by atoms with Crippen LogP contribution in [0.3, 0.4) is 0 Å². The number of carbonyl (C=O) groups is 1. The molecule has 5 nitrogen and oxygen atoms in total. The van der Waals surface area contributed by atoms with Gasteiger partial charge < -0.3 is 14.0 Å². The summed E-state index contributed by atoms with van der Waals surface area (Å²) in [5.41, 5.74) is 2.20. The number of nitrogens with zero attached hydrogens (tertiary/aromatic N) is 1. The van der Waals surface area contributed by atoms with Crippen LogP contribution in [0.4, 0.5) is 0 Å². The summed E-state index contributed by atoms with van der Waals surface area (Å²) >= 11 is 0. The molecule has 0 atom stereocenters. The highest BCUT2D eigenvalue weighted by molar-refractivity contribution is 6.12. The maximum atomic E-state index is 12.9. The zero-order valence-corrected chi connectivity index (χ0v) is 12.8. The Kier molecular flexibility index (Phi) is 3.20. The van der Waals surface area contributed by atoms with Gasteiger partial charge in [-0.2, -0.15) is 0 Å². The largest absolute Gasteiger partial charge is 0.508 e. The molecule has 0 fully saturated rings. The molecule has 0 unspecified atom stereocenters. The minimum absolute atomic E-state index is 0.119. The van der Waals surface area contributed by atoms with Gasteiger partial charge in [-0.1, -0.05) is 35.5 Å². The molecule has 2 heterocycles. The average Bonchev–Trinajstić information content (AvgIpc) is 3.18. The Morgan fingerprint density at radius 1 is 1.08 bits per heavy atom. The van der Waals surface area contributed by atoms with E-state index in [0.29, 0.717) is 28.0 Å². The smallest absolute Gasteiger partial charge is 0.234 e. The topological polar surface area (TPSA) is 76.5 Å². The van der Waals surface area contributed by atoms with Gasteiger partial charge in [-0.3, -0.25) is 4.79 Å². The fourth-order valence-corrected chi connectivity index (χ4v) is 2.70. The number of carbonyl (C=O) groups excluding carboxylic acids is 1. The zero-order valence-electron chi connectivity index (χ0n) is 12.8. The third-order valence-corrected chi connectivity index (χ3v) is 3.86. The highest BCUT2D eigenvalue weighted by Gasteiger charge is 2.25. The third kappa shape index (κ3) is 2.27. The highest BCUT2D eigenvalue weighted by atomic mass is 16.5. The van der Waals surface area contributed by atoms with E-state index in [1.54, 1.807) is 25.1 Å². The van der Waals surface area contributed by atoms with Crippen LogP contribution in [0, 0.1) is 6.92 Å². The van der Waals surface area contributed by atoms with Gasteiger partial charge in [-0.05, 0) is 31.2 Å². The number of furan rings is 1. The summed E-state index contributed by atoms with van der Waals surface area (Å²) in [5, 5.41) is 14.2. The van der Waals surface area contributed by atoms with Crippen molar-refractivity contribution in [3.8, 4) is 17.0 Å². The molecule has 2 aromatic heterocycles. The van der Waals surface area contributed by atoms with E-state index in [1.165, 1.54) is 6.07 Å². The summed E-state index contributed by atoms with van der Waals surface area (Å²) in [7, 11) is 0. The van der Waals surface area contributed by atoms with Gasteiger partial charge >= 0.3 is 0 Å². The van der Waals surface area contributed by atoms with Gasteiger partial charge in [0.15, 0.2) is 5.76 Å². The number of rotatable bonds is 3. The van der Waals surface area contributed by atoms with Crippen molar-refractivity contribution in [1.29, 1.82) is 0 Å². The van der Waals surface area contributed by atoms with E-state index in [4.69, 9.17) is 8.94 Å². The molecular weight excluding hydrogens is 306 g/mol. The molecule has 0 radical (unpaired) electrons. The molecule has 1 N–H and O–H groups in total. The van der Waals surface area contributed by atoms with Gasteiger partial charge in [-0.25, -0.2) is 0 Å². The predicted molar refractivity (Wildman–Crippen MR) is 88.0 cm³/mol. The second kappa shape index (κ2) is 5.38. The Morgan fingerprint density at radius 3 is 2.67 bits per heavy atom. The molecule has 0 bridgehead atoms. The lowest BCUT2D eigenvalue weighted by atomic mass is 10.0. The van der Waals surface area contributed by atoms with E-state index in [0.717, 1.165) is 5.56 Å². The lowest BCUT2D eigenvalue weighted by Crippen LogP contribution is -2.02. The number of fused-ring (bicyclic) bond motifs is 1. The predicted octanol–water partition coefficient (Wildman–Crippen LogP) is 4.33. The van der Waals surface area contributed by atoms with Crippen molar-refractivity contribution in [2.45, 2.75) is 6.92 Å². The Hall–Kier alpha value is -3.34. The molecule has 118 valence electrons. The minimum Gasteiger partial charge on any atom is -0.508 e. The minimum atomic E-state index is -0.303. The van der Waals surface area contributed by atoms with E-state index in [1.807, 2.05) is 30.3 Å². The molecule has 0 saturated heterocycles. The first-order chi connectivity index (χ1) is 11.6. The van der Waals surface area contributed by atoms with Crippen molar-refractivity contribution in [1.82, 2.24) is 5.16 Å². The van der Waals surface area contributed by atoms with Gasteiger partial charge in [0, 0.05) is 10.9 Å². The molecule has 2 aromatic carbocycles. The summed E-state index contributed by atoms with van der Waals surface area (Å²) in [4.78, 5) is 12.9. The number of phenols is 1. The molecule has 0 aliphatic carbocycles. The number of phenolic OH excluding ortho intramolecular Hbond substituents is 1. The number of benzene rings is 2. The fourth-order valence-electron chi connectivity index (χ4n) is 2.70. The third-order valence-electron chi connectivity index (χ3n) is 3.86. The quantitative estimate of drug-likeness (QED) is 0.569. The van der Waals surface area contributed by atoms with Crippen LogP contribution in [0.5, 0.6) is 5.75 Å². The van der Waals surface area contributed by atoms with E-state index in [2.05, 4.69) is 5.16 Å². The number of aromatic hydroxyl groups is 1. The van der Waals surface area contributed by atoms with Crippen LogP contribution >= 0.6 is 0 Å². The summed E-state index contributed by atoms with van der Waals surface area (Å²) in [5.74, 6) is 0.429. The molecule has 24 heavy (non-hydrogen) atoms. The van der Waals surface area contributed by atoms with Crippen LogP contribution in [-0.4, -0.2) is 16.0 Å². The first-order valence-electron chi connectivity index (χ1n) is 7.42. The molecule has 0 saturated carbocycles. The van der Waals surface area contributed by atoms with Crippen LogP contribution in [0.1, 0.15) is 21.9 Å². The van der Waals surface area contributed by atoms with Gasteiger partial charge in [0.2, 0.25) is 5.78 Å². The molecular formula is C19H13NO4. The Balaban J connectivity index is 1.83. The first kappa shape index (κ1) is 14.3. The Bertz CT molecular complexity index is 1040. The van der Waals surface area contributed by atoms with E-state index >= 15 is 0 Å². The highest BCUT2D eigenvalue weighted by Crippen LogP contribution is 2.30. The van der Waals surface area contributed by atoms with Crippen molar-refractivity contribution < 1.29 is 18.8 Å². The zero-order chi connectivity index (χ0) is 16.7. The van der Waals surface area contributed by atoms with Crippen molar-refractivity contribution in [2.75, 3.05) is 0 Å². The number of ketones is 1. The van der Waals surface area contributed by atoms with Crippen molar-refractivity contribution in [3.05, 3.63) is 71.7 Å². The van der Waals surface area contributed by atoms with Crippen molar-refractivity contribution in [3.63, 3.8) is 0 Å². The summed E-state index contributed by atoms with van der Waals surface area (Å²) in [6.07, 6.45) is 0. The number of aromatic nitrogens is 1. The first-order valence-corrected chi connectivity index (χ1v) is 7.42. The fraction of sp³-hybridized carbons (Fsp3) is 0.0526. The summed E-state index contributed by atoms with van der Waals surface area (Å²) in [6.45, 7) is 1.70. The van der Waals surface area contributed by atoms with Gasteiger partial charge in [0.25, 0.3) is 0 Å². The molecule has 0 spiro atoms. The summed E-state index contributed by atoms with van der Waals surface area (Å²) < 4.78 is 10.9. The van der Waals surface area contributed by atoms with E-state index in [-0.39, 0.29) is 17.3 Å². The molecule has 0 aliphatic heterocycles. The SMILES string of the molecule is Cc1onc(-c2ccccc2)c1C(=O)c1cc2cc(O)ccc2o1. The van der Waals surface area contributed by atoms with Gasteiger partial charge in [0.05, 0.1) is 5.56 Å². The Labute approximate surface area is 137 Å². The van der Waals surface area contributed by atoms with Gasteiger partial charge in [0.1, 0.15) is 22.8 Å². The normalized spacial score (nSPS) is 11.0. The van der Waals surface area contributed by atoms with Crippen molar-refractivity contribution in [2.24, 2.45) is 0 Å². The van der Waals surface area contributed by atoms with E-state index < -0.39 is 0 Å². The van der Waals surface area contributed by atoms with Crippen LogP contribution < -0.4 is 0 Å². The standard InChI is InChI=1S/C19H13NO4/c1-11-17(18(20-24-11)12-5-3-2-4-6-12)19(22)16-10-13-9-14(21)7-8-15(13)23-16/h2-10,21H,1H3. The number of hydrogen-bond acceptors (Lipinski definition) is 5. The molecule has 4 aromatic rings. The lowest BCUT2D eigenvalue weighted by molar-refractivity contribution is 0.101. The van der Waals surface area contributed by atoms with Crippen LogP contribution in [0.15, 0.2) is 63.5 Å². The molecule has 0 aliphatic rings. The second-order valence-electron chi connectivity index (χ2n) is 5.49. The van der Waals surface area contributed by atoms with Crippen LogP contribution in [0.25, 0.3) is 22.2 Å². The maximum absolute atomic E-state index is 12.9. The van der Waals surface area contributed by atoms with Gasteiger partial charge in [-0.15, -0.1) is 0 Å². The van der Waals surface area contributed by atoms with Crippen molar-refractivity contribution >= 4 is 16.8 Å². The maximum Gasteiger partial charge on any atom is 0.234 e. The monoisotopic (exact) mass is 319 g/mol. The molecule has 4 rings (SSSR count). The van der Waals surface area contributed by atoms with Crippen LogP contribution in [-0.2, 0) is 0 Å². The van der Waals surface area contributed by atoms with E-state index in [9.17, 15) is 9.90 Å². The summed E-state index contributed by atoms with van der Waals surface area (Å²) in [6, 6.07) is 15.7.